The van der Waals surface area contributed by atoms with Crippen LogP contribution in [-0.4, -0.2) is 10.2 Å². The van der Waals surface area contributed by atoms with E-state index < -0.39 is 0 Å². The first-order chi connectivity index (χ1) is 3.79. The molecule has 0 heterocycles. The maximum Gasteiger partial charge on any atom is 0.119 e. The number of hydrogen-bond acceptors (Lipinski definition) is 2. The van der Waals surface area contributed by atoms with Crippen molar-refractivity contribution in [2.24, 2.45) is 0 Å². The zero-order valence-corrected chi connectivity index (χ0v) is 7.07. The molecule has 2 N–H and O–H groups in total. The van der Waals surface area contributed by atoms with E-state index >= 15 is 0 Å². The largest absolute Gasteiger partial charge is 1.00 e. The van der Waals surface area contributed by atoms with Crippen LogP contribution >= 0.6 is 0 Å². The quantitative estimate of drug-likeness (QED) is 0.427. The van der Waals surface area contributed by atoms with Gasteiger partial charge in [0.2, 0.25) is 0 Å². The van der Waals surface area contributed by atoms with E-state index in [1.165, 1.54) is 18.2 Å². The Morgan fingerprint density at radius 2 is 1.40 bits per heavy atom. The van der Waals surface area contributed by atoms with Crippen LogP contribution in [0.5, 0.6) is 11.5 Å². The molecular formula is C6H9ClO2S. The van der Waals surface area contributed by atoms with E-state index in [0.29, 0.717) is 0 Å². The first-order valence-corrected chi connectivity index (χ1v) is 2.27. The van der Waals surface area contributed by atoms with Gasteiger partial charge in [0.15, 0.2) is 0 Å². The Balaban J connectivity index is 0. The molecule has 0 bridgehead atoms. The summed E-state index contributed by atoms with van der Waals surface area (Å²) in [6.07, 6.45) is 0. The highest BCUT2D eigenvalue weighted by atomic mass is 35.5. The molecule has 10 heavy (non-hydrogen) atoms. The number of phenols is 2. The van der Waals surface area contributed by atoms with Crippen molar-refractivity contribution in [3.8, 4) is 11.5 Å². The van der Waals surface area contributed by atoms with E-state index in [0.717, 1.165) is 0 Å². The molecule has 0 spiro atoms. The van der Waals surface area contributed by atoms with Gasteiger partial charge in [0.1, 0.15) is 11.5 Å². The summed E-state index contributed by atoms with van der Waals surface area (Å²) in [5, 5.41) is 17.3. The topological polar surface area (TPSA) is 40.5 Å². The van der Waals surface area contributed by atoms with Gasteiger partial charge >= 0.3 is 0 Å². The van der Waals surface area contributed by atoms with Crippen molar-refractivity contribution < 1.29 is 22.6 Å². The van der Waals surface area contributed by atoms with Gasteiger partial charge in [0, 0.05) is 6.07 Å². The Hall–Kier alpha value is -0.540. The van der Waals surface area contributed by atoms with Crippen LogP contribution in [0.2, 0.25) is 0 Å². The fourth-order valence-electron chi connectivity index (χ4n) is 0.493. The first-order valence-electron chi connectivity index (χ1n) is 2.27. The third kappa shape index (κ3) is 3.48. The molecule has 0 unspecified atom stereocenters. The van der Waals surface area contributed by atoms with Crippen LogP contribution in [0.4, 0.5) is 0 Å². The molecule has 0 atom stereocenters. The first kappa shape index (κ1) is 12.2. The molecule has 4 heteroatoms. The maximum absolute atomic E-state index is 8.65. The van der Waals surface area contributed by atoms with E-state index in [-0.39, 0.29) is 37.4 Å². The van der Waals surface area contributed by atoms with E-state index in [1.54, 1.807) is 6.07 Å². The van der Waals surface area contributed by atoms with Gasteiger partial charge in [-0.15, -0.1) is 0 Å². The summed E-state index contributed by atoms with van der Waals surface area (Å²) in [6, 6.07) is 5.85. The lowest BCUT2D eigenvalue weighted by Gasteiger charge is -1.89. The van der Waals surface area contributed by atoms with Crippen molar-refractivity contribution in [1.29, 1.82) is 0 Å². The number of benzene rings is 1. The standard InChI is InChI=1S/C6H6O2.ClH.H2S/c7-5-2-1-3-6(8)4-5;;/h1-4,7-8H;1H;1H2. The minimum Gasteiger partial charge on any atom is -1.00 e. The number of phenolic OH excluding ortho intramolecular Hbond substituents is 2. The van der Waals surface area contributed by atoms with Gasteiger partial charge in [-0.05, 0) is 12.1 Å². The predicted molar refractivity (Wildman–Crippen MR) is 41.3 cm³/mol. The number of halogens is 1. The van der Waals surface area contributed by atoms with Crippen LogP contribution in [0.1, 0.15) is 0 Å². The van der Waals surface area contributed by atoms with Gasteiger partial charge in [-0.3, -0.25) is 0 Å². The molecule has 1 rings (SSSR count). The molecule has 0 aliphatic heterocycles. The molecule has 0 saturated heterocycles. The average molecular weight is 181 g/mol. The molecule has 0 amide bonds. The highest BCUT2D eigenvalue weighted by Crippen LogP contribution is 2.14. The zero-order valence-electron chi connectivity index (χ0n) is 5.16. The predicted octanol–water partition coefficient (Wildman–Crippen LogP) is -2.70. The molecule has 0 saturated carbocycles. The van der Waals surface area contributed by atoms with Crippen LogP contribution in [0, 0.1) is 0 Å². The number of aromatic hydroxyl groups is 2. The van der Waals surface area contributed by atoms with Gasteiger partial charge in [0.05, 0.1) is 0 Å². The average Bonchev–Trinajstić information content (AvgIpc) is 1.64. The lowest BCUT2D eigenvalue weighted by molar-refractivity contribution is -0.00000398. The molecule has 0 fully saturated rings. The summed E-state index contributed by atoms with van der Waals surface area (Å²) in [4.78, 5) is 0. The second kappa shape index (κ2) is 5.26. The summed E-state index contributed by atoms with van der Waals surface area (Å²) in [7, 11) is 0. The van der Waals surface area contributed by atoms with Crippen LogP contribution in [-0.2, 0) is 13.5 Å². The van der Waals surface area contributed by atoms with Gasteiger partial charge in [-0.25, -0.2) is 0 Å². The monoisotopic (exact) mass is 180 g/mol. The Bertz CT molecular complexity index is 176. The van der Waals surface area contributed by atoms with Crippen LogP contribution in [0.15, 0.2) is 24.3 Å². The second-order valence-corrected chi connectivity index (χ2v) is 1.52. The van der Waals surface area contributed by atoms with Crippen LogP contribution in [0.25, 0.3) is 0 Å². The molecule has 2 nitrogen and oxygen atoms in total. The summed E-state index contributed by atoms with van der Waals surface area (Å²) in [5.41, 5.74) is 0. The Kier molecular flexibility index (Phi) is 6.40. The summed E-state index contributed by atoms with van der Waals surface area (Å²) < 4.78 is 0. The number of hydrogen-bond donors (Lipinski definition) is 2. The van der Waals surface area contributed by atoms with E-state index in [9.17, 15) is 0 Å². The smallest absolute Gasteiger partial charge is 0.119 e. The summed E-state index contributed by atoms with van der Waals surface area (Å²) >= 11 is 0. The maximum atomic E-state index is 8.65. The van der Waals surface area contributed by atoms with Gasteiger partial charge in [-0.1, -0.05) is 19.6 Å². The molecular weight excluding hydrogens is 172 g/mol. The van der Waals surface area contributed by atoms with Gasteiger partial charge in [-0.2, -0.15) is 0 Å². The van der Waals surface area contributed by atoms with E-state index in [4.69, 9.17) is 10.2 Å². The Labute approximate surface area is 72.4 Å². The van der Waals surface area contributed by atoms with Crippen molar-refractivity contribution >= 4 is 13.5 Å². The van der Waals surface area contributed by atoms with Gasteiger partial charge in [0.25, 0.3) is 0 Å². The van der Waals surface area contributed by atoms with Crippen molar-refractivity contribution in [1.82, 2.24) is 0 Å². The SMILES string of the molecule is Oc1cccc(O)c1.[Cl-].[SH3+]. The highest BCUT2D eigenvalue weighted by molar-refractivity contribution is 7.37. The van der Waals surface area contributed by atoms with Crippen molar-refractivity contribution in [2.75, 3.05) is 0 Å². The third-order valence-electron chi connectivity index (χ3n) is 0.830. The zero-order chi connectivity index (χ0) is 5.98. The number of rotatable bonds is 0. The summed E-state index contributed by atoms with van der Waals surface area (Å²) in [5.74, 6) is 0.176. The normalized spacial score (nSPS) is 7.20. The minimum absolute atomic E-state index is 0. The van der Waals surface area contributed by atoms with Crippen molar-refractivity contribution in [3.05, 3.63) is 24.3 Å². The molecule has 1 aromatic rings. The molecule has 0 aromatic heterocycles. The molecule has 0 aliphatic carbocycles. The van der Waals surface area contributed by atoms with E-state index in [2.05, 4.69) is 0 Å². The lowest BCUT2D eigenvalue weighted by Crippen LogP contribution is -3.00. The molecule has 0 aliphatic rings. The third-order valence-corrected chi connectivity index (χ3v) is 0.830. The van der Waals surface area contributed by atoms with Crippen molar-refractivity contribution in [2.45, 2.75) is 0 Å². The minimum atomic E-state index is 0. The molecule has 0 radical (unpaired) electrons. The summed E-state index contributed by atoms with van der Waals surface area (Å²) in [6.45, 7) is 0. The van der Waals surface area contributed by atoms with E-state index in [1.807, 2.05) is 0 Å². The fourth-order valence-corrected chi connectivity index (χ4v) is 0.493. The molecule has 1 aromatic carbocycles. The Morgan fingerprint density at radius 3 is 1.60 bits per heavy atom. The van der Waals surface area contributed by atoms with Crippen molar-refractivity contribution in [3.63, 3.8) is 0 Å². The second-order valence-electron chi connectivity index (χ2n) is 1.52. The lowest BCUT2D eigenvalue weighted by atomic mass is 10.3. The highest BCUT2D eigenvalue weighted by Gasteiger charge is 1.85. The van der Waals surface area contributed by atoms with Crippen LogP contribution in [0.3, 0.4) is 0 Å². The van der Waals surface area contributed by atoms with Crippen LogP contribution < -0.4 is 12.4 Å². The van der Waals surface area contributed by atoms with Gasteiger partial charge < -0.3 is 22.6 Å². The Morgan fingerprint density at radius 1 is 1.00 bits per heavy atom. The molecule has 58 valence electrons. The fraction of sp³-hybridized carbons (Fsp3) is 0.